The number of carbonyl (C=O) groups excluding carboxylic acids is 1. The van der Waals surface area contributed by atoms with Crippen molar-refractivity contribution in [3.63, 3.8) is 0 Å². The number of H-pyrrole nitrogens is 1. The summed E-state index contributed by atoms with van der Waals surface area (Å²) in [5.74, 6) is -0.492. The van der Waals surface area contributed by atoms with E-state index in [4.69, 9.17) is 0 Å². The van der Waals surface area contributed by atoms with Crippen molar-refractivity contribution in [3.8, 4) is 0 Å². The molecule has 1 heterocycles. The molecule has 3 N–H and O–H groups in total. The Bertz CT molecular complexity index is 826. The number of pyridine rings is 1. The van der Waals surface area contributed by atoms with Crippen LogP contribution >= 0.6 is 0 Å². The molecule has 0 fully saturated rings. The summed E-state index contributed by atoms with van der Waals surface area (Å²) in [6.45, 7) is 0.188. The minimum atomic E-state index is -3.48. The third-order valence-electron chi connectivity index (χ3n) is 3.02. The van der Waals surface area contributed by atoms with Gasteiger partial charge in [-0.1, -0.05) is 12.1 Å². The van der Waals surface area contributed by atoms with Crippen molar-refractivity contribution in [2.45, 2.75) is 11.4 Å². The molecule has 1 aromatic carbocycles. The Hall–Kier alpha value is -2.45. The van der Waals surface area contributed by atoms with E-state index >= 15 is 0 Å². The van der Waals surface area contributed by atoms with Crippen LogP contribution in [0.25, 0.3) is 0 Å². The molecule has 116 valence electrons. The fourth-order valence-electron chi connectivity index (χ4n) is 1.78. The van der Waals surface area contributed by atoms with E-state index in [1.807, 2.05) is 0 Å². The highest BCUT2D eigenvalue weighted by Gasteiger charge is 2.11. The van der Waals surface area contributed by atoms with Gasteiger partial charge in [-0.3, -0.25) is 9.59 Å². The Labute approximate surface area is 127 Å². The summed E-state index contributed by atoms with van der Waals surface area (Å²) in [6.07, 6.45) is 1.44. The van der Waals surface area contributed by atoms with Crippen LogP contribution in [0, 0.1) is 0 Å². The van der Waals surface area contributed by atoms with Crippen LogP contribution in [0.3, 0.4) is 0 Å². The minimum absolute atomic E-state index is 0.0249. The van der Waals surface area contributed by atoms with Crippen LogP contribution in [0.15, 0.2) is 52.3 Å². The van der Waals surface area contributed by atoms with Gasteiger partial charge in [0.05, 0.1) is 4.90 Å². The van der Waals surface area contributed by atoms with Gasteiger partial charge >= 0.3 is 0 Å². The maximum absolute atomic E-state index is 11.9. The lowest BCUT2D eigenvalue weighted by Crippen LogP contribution is -2.28. The van der Waals surface area contributed by atoms with Gasteiger partial charge in [0.25, 0.3) is 11.5 Å². The van der Waals surface area contributed by atoms with E-state index in [2.05, 4.69) is 15.0 Å². The van der Waals surface area contributed by atoms with E-state index in [1.54, 1.807) is 18.2 Å². The van der Waals surface area contributed by atoms with Gasteiger partial charge in [0, 0.05) is 12.7 Å². The zero-order valence-electron chi connectivity index (χ0n) is 11.8. The maximum atomic E-state index is 11.9. The average molecular weight is 321 g/mol. The first-order valence-corrected chi connectivity index (χ1v) is 7.91. The highest BCUT2D eigenvalue weighted by atomic mass is 32.2. The second-order valence-electron chi connectivity index (χ2n) is 4.45. The van der Waals surface area contributed by atoms with Crippen LogP contribution in [-0.4, -0.2) is 26.4 Å². The number of hydrogen-bond donors (Lipinski definition) is 3. The van der Waals surface area contributed by atoms with Crippen molar-refractivity contribution in [2.75, 3.05) is 7.05 Å². The fourth-order valence-corrected chi connectivity index (χ4v) is 2.51. The molecule has 1 amide bonds. The Morgan fingerprint density at radius 3 is 2.45 bits per heavy atom. The highest BCUT2D eigenvalue weighted by Crippen LogP contribution is 2.10. The second kappa shape index (κ2) is 6.54. The summed E-state index contributed by atoms with van der Waals surface area (Å²) in [6, 6.07) is 9.08. The monoisotopic (exact) mass is 321 g/mol. The second-order valence-corrected chi connectivity index (χ2v) is 6.33. The zero-order chi connectivity index (χ0) is 16.2. The van der Waals surface area contributed by atoms with Crippen molar-refractivity contribution in [3.05, 3.63) is 64.1 Å². The number of hydrogen-bond acceptors (Lipinski definition) is 4. The van der Waals surface area contributed by atoms with Gasteiger partial charge in [0.15, 0.2) is 0 Å². The van der Waals surface area contributed by atoms with Crippen LogP contribution < -0.4 is 15.6 Å². The van der Waals surface area contributed by atoms with E-state index in [0.29, 0.717) is 0 Å². The molecule has 0 unspecified atom stereocenters. The van der Waals surface area contributed by atoms with Gasteiger partial charge in [0.1, 0.15) is 5.56 Å². The number of rotatable bonds is 5. The summed E-state index contributed by atoms with van der Waals surface area (Å²) in [7, 11) is -2.14. The van der Waals surface area contributed by atoms with Crippen LogP contribution in [0.5, 0.6) is 0 Å². The summed E-state index contributed by atoms with van der Waals surface area (Å²) in [5, 5.41) is 2.60. The molecule has 2 aromatic rings. The molecule has 0 aliphatic carbocycles. The van der Waals surface area contributed by atoms with Crippen LogP contribution in [0.2, 0.25) is 0 Å². The van der Waals surface area contributed by atoms with Gasteiger partial charge in [0.2, 0.25) is 10.0 Å². The number of aromatic nitrogens is 1. The number of nitrogens with one attached hydrogen (secondary N) is 3. The molecule has 0 aliphatic rings. The Balaban J connectivity index is 2.05. The predicted molar refractivity (Wildman–Crippen MR) is 80.9 cm³/mol. The van der Waals surface area contributed by atoms with Crippen molar-refractivity contribution in [1.29, 1.82) is 0 Å². The molecule has 0 atom stereocenters. The molecule has 0 spiro atoms. The fraction of sp³-hybridized carbons (Fsp3) is 0.143. The number of sulfonamides is 1. The molecule has 0 aliphatic heterocycles. The van der Waals surface area contributed by atoms with E-state index in [0.717, 1.165) is 5.56 Å². The standard InChI is InChI=1S/C14H15N3O4S/c1-15-22(20,21)11-6-4-10(5-7-11)9-17-14(19)12-3-2-8-16-13(12)18/h2-8,15H,9H2,1H3,(H,16,18)(H,17,19). The van der Waals surface area contributed by atoms with Crippen LogP contribution in [0.1, 0.15) is 15.9 Å². The lowest BCUT2D eigenvalue weighted by molar-refractivity contribution is 0.0949. The topological polar surface area (TPSA) is 108 Å². The molecule has 0 saturated carbocycles. The van der Waals surface area contributed by atoms with E-state index in [1.165, 1.54) is 31.4 Å². The first-order valence-electron chi connectivity index (χ1n) is 6.42. The highest BCUT2D eigenvalue weighted by molar-refractivity contribution is 7.89. The quantitative estimate of drug-likeness (QED) is 0.731. The van der Waals surface area contributed by atoms with E-state index in [-0.39, 0.29) is 17.0 Å². The lowest BCUT2D eigenvalue weighted by Gasteiger charge is -2.06. The normalized spacial score (nSPS) is 11.1. The largest absolute Gasteiger partial charge is 0.348 e. The number of benzene rings is 1. The third-order valence-corrected chi connectivity index (χ3v) is 4.45. The molecule has 7 nitrogen and oxygen atoms in total. The molecule has 22 heavy (non-hydrogen) atoms. The van der Waals surface area contributed by atoms with Gasteiger partial charge in [-0.05, 0) is 36.9 Å². The van der Waals surface area contributed by atoms with Crippen molar-refractivity contribution in [1.82, 2.24) is 15.0 Å². The van der Waals surface area contributed by atoms with Crippen molar-refractivity contribution in [2.24, 2.45) is 0 Å². The summed E-state index contributed by atoms with van der Waals surface area (Å²) in [5.41, 5.74) is 0.281. The Kier molecular flexibility index (Phi) is 4.74. The van der Waals surface area contributed by atoms with Gasteiger partial charge < -0.3 is 10.3 Å². The van der Waals surface area contributed by atoms with Gasteiger partial charge in [-0.15, -0.1) is 0 Å². The molecule has 1 aromatic heterocycles. The first-order chi connectivity index (χ1) is 10.4. The number of aromatic amines is 1. The van der Waals surface area contributed by atoms with E-state index < -0.39 is 21.5 Å². The molecule has 0 saturated heterocycles. The molecule has 8 heteroatoms. The molecule has 2 rings (SSSR count). The maximum Gasteiger partial charge on any atom is 0.260 e. The SMILES string of the molecule is CNS(=O)(=O)c1ccc(CNC(=O)c2ccc[nH]c2=O)cc1. The zero-order valence-corrected chi connectivity index (χ0v) is 12.6. The summed E-state index contributed by atoms with van der Waals surface area (Å²) >= 11 is 0. The number of amides is 1. The molecule has 0 bridgehead atoms. The average Bonchev–Trinajstić information content (AvgIpc) is 2.53. The molecular formula is C14H15N3O4S. The predicted octanol–water partition coefficient (Wildman–Crippen LogP) is 0.213. The van der Waals surface area contributed by atoms with Crippen molar-refractivity contribution >= 4 is 15.9 Å². The van der Waals surface area contributed by atoms with Gasteiger partial charge in [-0.2, -0.15) is 0 Å². The minimum Gasteiger partial charge on any atom is -0.348 e. The molecular weight excluding hydrogens is 306 g/mol. The molecule has 0 radical (unpaired) electrons. The van der Waals surface area contributed by atoms with Crippen LogP contribution in [0.4, 0.5) is 0 Å². The first kappa shape index (κ1) is 15.9. The van der Waals surface area contributed by atoms with Gasteiger partial charge in [-0.25, -0.2) is 13.1 Å². The van der Waals surface area contributed by atoms with E-state index in [9.17, 15) is 18.0 Å². The number of carbonyl (C=O) groups is 1. The smallest absolute Gasteiger partial charge is 0.260 e. The van der Waals surface area contributed by atoms with Crippen molar-refractivity contribution < 1.29 is 13.2 Å². The lowest BCUT2D eigenvalue weighted by atomic mass is 10.2. The third kappa shape index (κ3) is 3.60. The Morgan fingerprint density at radius 1 is 1.18 bits per heavy atom. The van der Waals surface area contributed by atoms with Crippen LogP contribution in [-0.2, 0) is 16.6 Å². The summed E-state index contributed by atoms with van der Waals surface area (Å²) in [4.78, 5) is 25.9. The Morgan fingerprint density at radius 2 is 1.86 bits per heavy atom. The summed E-state index contributed by atoms with van der Waals surface area (Å²) < 4.78 is 25.4.